The minimum Gasteiger partial charge on any atom is -0.494 e. The lowest BCUT2D eigenvalue weighted by molar-refractivity contribution is -0.133. The van der Waals surface area contributed by atoms with Crippen LogP contribution in [0.3, 0.4) is 0 Å². The first kappa shape index (κ1) is 44.5. The normalized spacial score (nSPS) is 19.4. The zero-order valence-electron chi connectivity index (χ0n) is 36.3. The first-order chi connectivity index (χ1) is 30.4. The van der Waals surface area contributed by atoms with Gasteiger partial charge in [-0.15, -0.1) is 0 Å². The van der Waals surface area contributed by atoms with Gasteiger partial charge in [-0.2, -0.15) is 4.98 Å². The number of benzene rings is 3. The van der Waals surface area contributed by atoms with Crippen LogP contribution in [0.4, 0.5) is 34.5 Å². The fraction of sp³-hybridized carbons (Fsp3) is 0.435. The van der Waals surface area contributed by atoms with E-state index in [1.54, 1.807) is 39.0 Å². The Morgan fingerprint density at radius 2 is 1.71 bits per heavy atom. The van der Waals surface area contributed by atoms with Gasteiger partial charge in [0.15, 0.2) is 0 Å². The smallest absolute Gasteiger partial charge is 0.249 e. The predicted molar refractivity (Wildman–Crippen MR) is 255 cm³/mol. The van der Waals surface area contributed by atoms with Gasteiger partial charge in [0.1, 0.15) is 30.3 Å². The molecule has 8 rings (SSSR count). The van der Waals surface area contributed by atoms with Gasteiger partial charge in [-0.05, 0) is 128 Å². The van der Waals surface area contributed by atoms with Crippen molar-refractivity contribution in [1.82, 2.24) is 35.9 Å². The number of halogens is 1. The Balaban J connectivity index is 0.791. The highest BCUT2D eigenvalue weighted by atomic mass is 79.9. The zero-order chi connectivity index (χ0) is 44.1. The Labute approximate surface area is 377 Å². The highest BCUT2D eigenvalue weighted by Crippen LogP contribution is 2.43. The van der Waals surface area contributed by atoms with E-state index in [1.165, 1.54) is 29.7 Å². The predicted octanol–water partition coefficient (Wildman–Crippen LogP) is 7.05. The standard InChI is InChI=1S/C46H57BrN11O4P/c1-5-29-24-38(55-46-52-27-34(47)44(57-46)54-36-11-10-35-42(51-19-18-50-35)43(36)63(3,4)61)40(62-2)25-39(29)58-20-14-32(15-21-58)49-17-16-48-26-28-22-31(23-28)30-6-8-33(9-7-30)53-37-12-13-41(59)56-45(37)60/h6-11,18-19,24-25,27-28,31-32,37,48-49,53H,5,12-17,20-23,26H2,1-4H3,(H,56,59,60)(H2,52,54,55,57)/t28-,31-,37?. The largest absolute Gasteiger partial charge is 0.494 e. The molecule has 1 atom stereocenters. The van der Waals surface area contributed by atoms with Crippen molar-refractivity contribution in [2.75, 3.05) is 74.0 Å². The summed E-state index contributed by atoms with van der Waals surface area (Å²) in [5, 5.41) is 20.5. The summed E-state index contributed by atoms with van der Waals surface area (Å²) >= 11 is 3.60. The molecule has 5 aromatic rings. The van der Waals surface area contributed by atoms with E-state index in [2.05, 4.69) is 98.9 Å². The number of hydrogen-bond donors (Lipinski definition) is 6. The van der Waals surface area contributed by atoms with E-state index in [0.29, 0.717) is 74.7 Å². The average Bonchev–Trinajstić information content (AvgIpc) is 3.26. The highest BCUT2D eigenvalue weighted by molar-refractivity contribution is 9.10. The summed E-state index contributed by atoms with van der Waals surface area (Å²) in [7, 11) is -1.08. The van der Waals surface area contributed by atoms with Crippen LogP contribution in [0.15, 0.2) is 71.6 Å². The number of fused-ring (bicyclic) bond motifs is 1. The first-order valence-corrected chi connectivity index (χ1v) is 25.3. The summed E-state index contributed by atoms with van der Waals surface area (Å²) in [6, 6.07) is 16.5. The molecule has 17 heteroatoms. The van der Waals surface area contributed by atoms with Crippen LogP contribution in [-0.2, 0) is 20.6 Å². The number of aromatic nitrogens is 4. The summed E-state index contributed by atoms with van der Waals surface area (Å²) in [5.41, 5.74) is 7.36. The van der Waals surface area contributed by atoms with Crippen LogP contribution < -0.4 is 46.8 Å². The SMILES string of the molecule is CCc1cc(Nc2ncc(Br)c(Nc3ccc4nccnc4c3P(C)(C)=O)n2)c(OC)cc1N1CCC(NCCNC[C@H]2C[C@H](c3ccc(NC4CCC(=O)NC4=O)cc3)C2)CC1. The van der Waals surface area contributed by atoms with Crippen molar-refractivity contribution >= 4 is 85.7 Å². The number of carbonyl (C=O) groups excluding carboxylic acids is 2. The summed E-state index contributed by atoms with van der Waals surface area (Å²) in [4.78, 5) is 44.3. The third-order valence-corrected chi connectivity index (χ3v) is 14.5. The van der Waals surface area contributed by atoms with Gasteiger partial charge in [0.2, 0.25) is 17.8 Å². The molecule has 2 aliphatic heterocycles. The van der Waals surface area contributed by atoms with E-state index in [1.807, 2.05) is 24.3 Å². The maximum absolute atomic E-state index is 13.5. The number of nitrogens with one attached hydrogen (secondary N) is 6. The molecule has 15 nitrogen and oxygen atoms in total. The molecule has 2 saturated heterocycles. The molecule has 4 heterocycles. The van der Waals surface area contributed by atoms with Crippen molar-refractivity contribution in [3.05, 3.63) is 82.7 Å². The highest BCUT2D eigenvalue weighted by Gasteiger charge is 2.31. The van der Waals surface area contributed by atoms with Crippen molar-refractivity contribution in [3.63, 3.8) is 0 Å². The van der Waals surface area contributed by atoms with Crippen LogP contribution >= 0.6 is 23.1 Å². The van der Waals surface area contributed by atoms with Gasteiger partial charge in [-0.3, -0.25) is 24.9 Å². The monoisotopic (exact) mass is 937 g/mol. The molecular weight excluding hydrogens is 881 g/mol. The molecule has 0 spiro atoms. The lowest BCUT2D eigenvalue weighted by Crippen LogP contribution is -2.47. The summed E-state index contributed by atoms with van der Waals surface area (Å²) in [6.07, 6.45) is 11.2. The van der Waals surface area contributed by atoms with Gasteiger partial charge in [0.05, 0.1) is 33.8 Å². The fourth-order valence-corrected chi connectivity index (χ4v) is 10.6. The van der Waals surface area contributed by atoms with Crippen LogP contribution in [-0.4, -0.2) is 97.0 Å². The number of piperidine rings is 2. The quantitative estimate of drug-likeness (QED) is 0.0317. The van der Waals surface area contributed by atoms with Gasteiger partial charge < -0.3 is 40.8 Å². The van der Waals surface area contributed by atoms with Crippen LogP contribution in [0.1, 0.15) is 62.5 Å². The zero-order valence-corrected chi connectivity index (χ0v) is 38.8. The minimum atomic E-state index is -2.76. The second-order valence-corrected chi connectivity index (χ2v) is 21.1. The molecule has 0 bridgehead atoms. The molecule has 2 amide bonds. The number of rotatable bonds is 17. The van der Waals surface area contributed by atoms with Gasteiger partial charge in [0.25, 0.3) is 0 Å². The molecule has 1 aliphatic carbocycles. The van der Waals surface area contributed by atoms with E-state index in [-0.39, 0.29) is 17.9 Å². The Morgan fingerprint density at radius 1 is 0.937 bits per heavy atom. The van der Waals surface area contributed by atoms with Crippen molar-refractivity contribution in [1.29, 1.82) is 0 Å². The fourth-order valence-electron chi connectivity index (χ4n) is 8.94. The third-order valence-electron chi connectivity index (χ3n) is 12.4. The van der Waals surface area contributed by atoms with Crippen molar-refractivity contribution in [2.24, 2.45) is 5.92 Å². The molecule has 332 valence electrons. The van der Waals surface area contributed by atoms with Gasteiger partial charge in [0, 0.05) is 74.7 Å². The number of anilines is 6. The molecular formula is C46H57BrN11O4P. The molecule has 2 aromatic heterocycles. The topological polar surface area (TPSA) is 187 Å². The maximum atomic E-state index is 13.5. The molecule has 63 heavy (non-hydrogen) atoms. The average molecular weight is 939 g/mol. The summed E-state index contributed by atoms with van der Waals surface area (Å²) in [5.74, 6) is 2.42. The summed E-state index contributed by atoms with van der Waals surface area (Å²) in [6.45, 7) is 10.5. The third kappa shape index (κ3) is 10.6. The Morgan fingerprint density at radius 3 is 2.44 bits per heavy atom. The molecule has 3 aliphatic rings. The summed E-state index contributed by atoms with van der Waals surface area (Å²) < 4.78 is 20.1. The molecule has 3 fully saturated rings. The van der Waals surface area contributed by atoms with E-state index < -0.39 is 7.14 Å². The molecule has 0 radical (unpaired) electrons. The van der Waals surface area contributed by atoms with Crippen LogP contribution in [0.2, 0.25) is 0 Å². The molecule has 6 N–H and O–H groups in total. The lowest BCUT2D eigenvalue weighted by atomic mass is 9.71. The first-order valence-electron chi connectivity index (χ1n) is 21.9. The van der Waals surface area contributed by atoms with Crippen LogP contribution in [0.5, 0.6) is 5.75 Å². The van der Waals surface area contributed by atoms with Gasteiger partial charge >= 0.3 is 0 Å². The Hall–Kier alpha value is -5.15. The lowest BCUT2D eigenvalue weighted by Gasteiger charge is -2.36. The molecule has 3 aromatic carbocycles. The van der Waals surface area contributed by atoms with E-state index in [4.69, 9.17) is 9.72 Å². The second kappa shape index (κ2) is 19.7. The number of imide groups is 1. The second-order valence-electron chi connectivity index (χ2n) is 17.1. The Bertz CT molecular complexity index is 2490. The molecule has 1 unspecified atom stereocenters. The van der Waals surface area contributed by atoms with E-state index in [9.17, 15) is 14.2 Å². The number of nitrogens with zero attached hydrogens (tertiary/aromatic N) is 5. The number of hydrogen-bond acceptors (Lipinski definition) is 14. The number of amides is 2. The maximum Gasteiger partial charge on any atom is 0.249 e. The van der Waals surface area contributed by atoms with Crippen LogP contribution in [0.25, 0.3) is 11.0 Å². The number of carbonyl (C=O) groups is 2. The van der Waals surface area contributed by atoms with Gasteiger partial charge in [-0.1, -0.05) is 19.1 Å². The number of ether oxygens (including phenoxy) is 1. The van der Waals surface area contributed by atoms with E-state index >= 15 is 0 Å². The molecule has 1 saturated carbocycles. The minimum absolute atomic E-state index is 0.199. The van der Waals surface area contributed by atoms with Crippen molar-refractivity contribution in [2.45, 2.75) is 69.9 Å². The van der Waals surface area contributed by atoms with Crippen molar-refractivity contribution in [3.8, 4) is 5.75 Å². The Kier molecular flexibility index (Phi) is 13.9. The van der Waals surface area contributed by atoms with Crippen molar-refractivity contribution < 1.29 is 18.9 Å². The van der Waals surface area contributed by atoms with E-state index in [0.717, 1.165) is 63.4 Å². The van der Waals surface area contributed by atoms with Gasteiger partial charge in [-0.25, -0.2) is 4.98 Å². The number of aryl methyl sites for hydroxylation is 1. The number of methoxy groups -OCH3 is 1. The van der Waals surface area contributed by atoms with Crippen LogP contribution in [0, 0.1) is 5.92 Å².